The van der Waals surface area contributed by atoms with Gasteiger partial charge in [-0.3, -0.25) is 4.57 Å². The second-order valence-electron chi connectivity index (χ2n) is 0. The predicted molar refractivity (Wildman–Crippen MR) is 17.5 cm³/mol. The molecule has 6 heteroatoms. The maximum absolute atomic E-state index is 8.28. The quantitative estimate of drug-likeness (QED) is 0.360. The molecule has 0 heterocycles. The normalized spacial score (nSPS) is 1.83. The van der Waals surface area contributed by atoms with Crippen molar-refractivity contribution in [2.24, 2.45) is 0 Å². The van der Waals surface area contributed by atoms with Gasteiger partial charge in [-0.25, -0.2) is 0 Å². The van der Waals surface area contributed by atoms with Gasteiger partial charge in [0.15, 0.2) is 0 Å². The Morgan fingerprint density at radius 3 is 1.17 bits per heavy atom. The van der Waals surface area contributed by atoms with E-state index in [-0.39, 0.29) is 0 Å². The first-order valence-electron chi connectivity index (χ1n) is 0.647. The van der Waals surface area contributed by atoms with Gasteiger partial charge in [0.1, 0.15) is 9.12 Å². The maximum atomic E-state index is 8.28. The average Bonchev–Trinajstić information content (AvgIpc) is 1.81. The average molecular weight is 163 g/mol. The Balaban J connectivity index is -0.0000000225. The fraction of sp³-hybridized carbons (Fsp3) is 0. The van der Waals surface area contributed by atoms with Gasteiger partial charge in [-0.2, -0.15) is 0 Å². The second-order valence-corrected chi connectivity index (χ2v) is 0. The standard InChI is InChI=1S/Al.Mn.HOP.2O.H/c;;1-2;;;/h;;2H;;;. The summed E-state index contributed by atoms with van der Waals surface area (Å²) in [4.78, 5) is 0. The van der Waals surface area contributed by atoms with Crippen LogP contribution in [0.3, 0.4) is 0 Å². The molecule has 0 rings (SSSR count). The topological polar surface area (TPSA) is 51.2 Å². The van der Waals surface area contributed by atoms with Crippen LogP contribution in [-0.4, -0.2) is 16.2 Å². The molecule has 0 spiro atoms. The van der Waals surface area contributed by atoms with Crippen molar-refractivity contribution < 1.29 is 28.1 Å². The van der Waals surface area contributed by atoms with E-state index in [0.29, 0.717) is 16.2 Å². The Bertz CT molecular complexity index is 15.5. The van der Waals surface area contributed by atoms with Crippen LogP contribution in [-0.2, 0) is 28.1 Å². The minimum absolute atomic E-state index is 0.611. The van der Waals surface area contributed by atoms with E-state index in [2.05, 4.69) is 0 Å². The van der Waals surface area contributed by atoms with Crippen molar-refractivity contribution in [1.29, 1.82) is 0 Å². The molecule has 0 N–H and O–H groups in total. The van der Waals surface area contributed by atoms with E-state index in [1.54, 1.807) is 25.1 Å². The second kappa shape index (κ2) is 230. The van der Waals surface area contributed by atoms with Crippen LogP contribution in [0, 0.1) is 0 Å². The van der Waals surface area contributed by atoms with Crippen molar-refractivity contribution in [3.8, 4) is 0 Å². The van der Waals surface area contributed by atoms with Crippen molar-refractivity contribution in [3.63, 3.8) is 0 Å². The predicted octanol–water partition coefficient (Wildman–Crippen LogP) is -0.414. The molecular formula is H2AlMnO3P. The van der Waals surface area contributed by atoms with Gasteiger partial charge in [0.2, 0.25) is 0 Å². The first-order chi connectivity index (χ1) is 3.00. The monoisotopic (exact) mass is 163 g/mol. The van der Waals surface area contributed by atoms with Crippen molar-refractivity contribution in [2.75, 3.05) is 0 Å². The van der Waals surface area contributed by atoms with Crippen molar-refractivity contribution >= 4 is 25.3 Å². The summed E-state index contributed by atoms with van der Waals surface area (Å²) < 4.78 is 24.4. The zero-order valence-corrected chi connectivity index (χ0v) is 6.40. The Morgan fingerprint density at radius 2 is 1.17 bits per heavy atom. The van der Waals surface area contributed by atoms with Crippen LogP contribution in [0.15, 0.2) is 0 Å². The van der Waals surface area contributed by atoms with Gasteiger partial charge >= 0.3 is 39.8 Å². The van der Waals surface area contributed by atoms with E-state index in [4.69, 9.17) is 12.2 Å². The number of rotatable bonds is 0. The molecule has 0 atom stereocenters. The molecule has 0 amide bonds. The molecule has 0 aromatic heterocycles. The van der Waals surface area contributed by atoms with Crippen LogP contribution in [0.1, 0.15) is 0 Å². The number of hydrogen-bond acceptors (Lipinski definition) is 3. The molecule has 0 saturated carbocycles. The Hall–Kier alpha value is 0.752. The van der Waals surface area contributed by atoms with Gasteiger partial charge in [-0.15, -0.1) is 0 Å². The zero-order valence-electron chi connectivity index (χ0n) is 2.81. The van der Waals surface area contributed by atoms with E-state index < -0.39 is 0 Å². The third kappa shape index (κ3) is 118. The summed E-state index contributed by atoms with van der Waals surface area (Å²) >= 11 is 2.30. The van der Waals surface area contributed by atoms with E-state index in [1.165, 1.54) is 0 Å². The minimum atomic E-state index is 0.611. The summed E-state index contributed by atoms with van der Waals surface area (Å²) in [5, 5.41) is 0. The van der Waals surface area contributed by atoms with Gasteiger partial charge in [0.05, 0.1) is 0 Å². The third-order valence-electron chi connectivity index (χ3n) is 0. The van der Waals surface area contributed by atoms with Gasteiger partial charge < -0.3 is 0 Å². The van der Waals surface area contributed by atoms with Crippen molar-refractivity contribution in [2.45, 2.75) is 0 Å². The molecule has 0 unspecified atom stereocenters. The van der Waals surface area contributed by atoms with Gasteiger partial charge in [0.25, 0.3) is 0 Å². The Labute approximate surface area is 53.8 Å². The summed E-state index contributed by atoms with van der Waals surface area (Å²) in [6, 6.07) is 0. The first-order valence-corrected chi connectivity index (χ1v) is 2.11. The summed E-state index contributed by atoms with van der Waals surface area (Å²) in [7, 11) is 1.72. The first kappa shape index (κ1) is 15.9. The summed E-state index contributed by atoms with van der Waals surface area (Å²) in [6.07, 6.45) is 0. The van der Waals surface area contributed by atoms with Gasteiger partial charge in [-0.05, 0) is 0 Å². The molecular weight excluding hydrogens is 161 g/mol. The van der Waals surface area contributed by atoms with Crippen LogP contribution in [0.25, 0.3) is 0 Å². The Morgan fingerprint density at radius 1 is 1.17 bits per heavy atom. The van der Waals surface area contributed by atoms with Gasteiger partial charge in [-0.1, -0.05) is 0 Å². The molecule has 35 valence electrons. The third-order valence-corrected chi connectivity index (χ3v) is 0. The molecule has 0 aromatic carbocycles. The Kier molecular flexibility index (Phi) is 608. The van der Waals surface area contributed by atoms with Crippen LogP contribution in [0.4, 0.5) is 0 Å². The van der Waals surface area contributed by atoms with Crippen LogP contribution < -0.4 is 0 Å². The molecule has 0 radical (unpaired) electrons. The molecule has 0 aliphatic heterocycles. The van der Waals surface area contributed by atoms with E-state index in [9.17, 15) is 0 Å². The summed E-state index contributed by atoms with van der Waals surface area (Å²) in [5.74, 6) is 0. The summed E-state index contributed by atoms with van der Waals surface area (Å²) in [5.41, 5.74) is 0. The van der Waals surface area contributed by atoms with Crippen molar-refractivity contribution in [1.82, 2.24) is 0 Å². The SMILES string of the molecule is O=P.[O]=[AlH].[O]=[Mn]. The van der Waals surface area contributed by atoms with Crippen LogP contribution >= 0.6 is 9.12 Å². The fourth-order valence-electron chi connectivity index (χ4n) is 0. The number of hydrogen-bond donors (Lipinski definition) is 0. The van der Waals surface area contributed by atoms with E-state index in [1.807, 2.05) is 0 Å². The zero-order chi connectivity index (χ0) is 6.00. The molecule has 0 aromatic rings. The molecule has 0 fully saturated rings. The van der Waals surface area contributed by atoms with E-state index in [0.717, 1.165) is 0 Å². The molecule has 0 saturated heterocycles. The summed E-state index contributed by atoms with van der Waals surface area (Å²) in [6.45, 7) is 0. The molecule has 3 nitrogen and oxygen atoms in total. The van der Waals surface area contributed by atoms with Gasteiger partial charge in [0, 0.05) is 0 Å². The van der Waals surface area contributed by atoms with Crippen LogP contribution in [0.5, 0.6) is 0 Å². The van der Waals surface area contributed by atoms with Crippen molar-refractivity contribution in [3.05, 3.63) is 0 Å². The molecule has 0 aliphatic rings. The molecule has 6 heavy (non-hydrogen) atoms. The fourth-order valence-corrected chi connectivity index (χ4v) is 0. The van der Waals surface area contributed by atoms with Crippen LogP contribution in [0.2, 0.25) is 0 Å². The molecule has 0 bridgehead atoms. The van der Waals surface area contributed by atoms with E-state index >= 15 is 0 Å². The molecule has 0 aliphatic carbocycles.